The summed E-state index contributed by atoms with van der Waals surface area (Å²) in [5.74, 6) is 0.571. The molecule has 2 N–H and O–H groups in total. The SMILES string of the molecule is CN(C)CC1CC1C(N)=O.Clc1ccccc1. The molecule has 1 amide bonds. The highest BCUT2D eigenvalue weighted by Crippen LogP contribution is 2.38. The summed E-state index contributed by atoms with van der Waals surface area (Å²) in [7, 11) is 4.02. The van der Waals surface area contributed by atoms with E-state index in [-0.39, 0.29) is 11.8 Å². The van der Waals surface area contributed by atoms with Crippen molar-refractivity contribution in [2.24, 2.45) is 17.6 Å². The van der Waals surface area contributed by atoms with Gasteiger partial charge < -0.3 is 10.6 Å². The van der Waals surface area contributed by atoms with Gasteiger partial charge in [0, 0.05) is 17.5 Å². The lowest BCUT2D eigenvalue weighted by atomic mass is 10.3. The third kappa shape index (κ3) is 5.71. The first-order valence-corrected chi connectivity index (χ1v) is 6.03. The van der Waals surface area contributed by atoms with Crippen LogP contribution in [0, 0.1) is 11.8 Å². The molecule has 17 heavy (non-hydrogen) atoms. The number of hydrogen-bond acceptors (Lipinski definition) is 2. The smallest absolute Gasteiger partial charge is 0.220 e. The minimum absolute atomic E-state index is 0.133. The Kier molecular flexibility index (Phi) is 5.45. The maximum absolute atomic E-state index is 10.6. The number of carbonyl (C=O) groups is 1. The minimum Gasteiger partial charge on any atom is -0.369 e. The van der Waals surface area contributed by atoms with Gasteiger partial charge in [-0.2, -0.15) is 0 Å². The fourth-order valence-electron chi connectivity index (χ4n) is 1.68. The predicted molar refractivity (Wildman–Crippen MR) is 70.8 cm³/mol. The van der Waals surface area contributed by atoms with Crippen LogP contribution in [0.5, 0.6) is 0 Å². The second-order valence-corrected chi connectivity index (χ2v) is 5.00. The topological polar surface area (TPSA) is 46.3 Å². The number of nitrogens with zero attached hydrogens (tertiary/aromatic N) is 1. The molecule has 1 fully saturated rings. The van der Waals surface area contributed by atoms with Crippen LogP contribution in [0.1, 0.15) is 6.42 Å². The Balaban J connectivity index is 0.000000181. The van der Waals surface area contributed by atoms with E-state index in [2.05, 4.69) is 4.90 Å². The van der Waals surface area contributed by atoms with Gasteiger partial charge in [-0.3, -0.25) is 4.79 Å². The average Bonchev–Trinajstić information content (AvgIpc) is 2.98. The first kappa shape index (κ1) is 14.0. The molecular weight excluding hydrogens is 236 g/mol. The molecule has 0 bridgehead atoms. The Morgan fingerprint density at radius 1 is 1.41 bits per heavy atom. The molecule has 0 radical (unpaired) electrons. The van der Waals surface area contributed by atoms with Crippen molar-refractivity contribution in [1.82, 2.24) is 4.90 Å². The van der Waals surface area contributed by atoms with Gasteiger partial charge in [-0.15, -0.1) is 0 Å². The number of nitrogens with two attached hydrogens (primary N) is 1. The summed E-state index contributed by atoms with van der Waals surface area (Å²) in [6.45, 7) is 0.994. The van der Waals surface area contributed by atoms with E-state index in [1.165, 1.54) is 0 Å². The zero-order valence-corrected chi connectivity index (χ0v) is 11.0. The van der Waals surface area contributed by atoms with Crippen LogP contribution >= 0.6 is 11.6 Å². The van der Waals surface area contributed by atoms with Gasteiger partial charge in [0.05, 0.1) is 0 Å². The molecule has 0 spiro atoms. The Labute approximate surface area is 108 Å². The molecule has 4 heteroatoms. The van der Waals surface area contributed by atoms with Crippen LogP contribution in [-0.2, 0) is 4.79 Å². The molecule has 1 saturated carbocycles. The molecule has 1 aromatic carbocycles. The summed E-state index contributed by atoms with van der Waals surface area (Å²) in [6.07, 6.45) is 0.994. The molecule has 0 saturated heterocycles. The van der Waals surface area contributed by atoms with E-state index < -0.39 is 0 Å². The lowest BCUT2D eigenvalue weighted by Gasteiger charge is -2.06. The molecule has 1 aromatic rings. The van der Waals surface area contributed by atoms with Crippen molar-refractivity contribution in [2.45, 2.75) is 6.42 Å². The summed E-state index contributed by atoms with van der Waals surface area (Å²) in [5.41, 5.74) is 5.11. The molecule has 0 aromatic heterocycles. The Hall–Kier alpha value is -1.06. The number of hydrogen-bond donors (Lipinski definition) is 1. The van der Waals surface area contributed by atoms with Gasteiger partial charge in [0.15, 0.2) is 0 Å². The van der Waals surface area contributed by atoms with Crippen molar-refractivity contribution >= 4 is 17.5 Å². The van der Waals surface area contributed by atoms with Crippen molar-refractivity contribution < 1.29 is 4.79 Å². The summed E-state index contributed by atoms with van der Waals surface area (Å²) < 4.78 is 0. The molecule has 0 aliphatic heterocycles. The van der Waals surface area contributed by atoms with Crippen molar-refractivity contribution in [1.29, 1.82) is 0 Å². The van der Waals surface area contributed by atoms with Crippen molar-refractivity contribution in [2.75, 3.05) is 20.6 Å². The zero-order valence-electron chi connectivity index (χ0n) is 10.3. The lowest BCUT2D eigenvalue weighted by Crippen LogP contribution is -2.20. The van der Waals surface area contributed by atoms with Gasteiger partial charge in [0.1, 0.15) is 0 Å². The molecule has 94 valence electrons. The summed E-state index contributed by atoms with van der Waals surface area (Å²) in [4.78, 5) is 12.6. The normalized spacial score (nSPS) is 21.6. The molecule has 3 nitrogen and oxygen atoms in total. The fourth-order valence-corrected chi connectivity index (χ4v) is 1.83. The van der Waals surface area contributed by atoms with Crippen molar-refractivity contribution in [3.05, 3.63) is 35.4 Å². The van der Waals surface area contributed by atoms with Gasteiger partial charge in [0.25, 0.3) is 0 Å². The number of rotatable bonds is 3. The van der Waals surface area contributed by atoms with E-state index in [0.717, 1.165) is 18.0 Å². The van der Waals surface area contributed by atoms with E-state index in [1.54, 1.807) is 0 Å². The van der Waals surface area contributed by atoms with Crippen LogP contribution in [0.4, 0.5) is 0 Å². The van der Waals surface area contributed by atoms with Crippen LogP contribution in [0.2, 0.25) is 5.02 Å². The van der Waals surface area contributed by atoms with Gasteiger partial charge in [-0.25, -0.2) is 0 Å². The number of amides is 1. The fraction of sp³-hybridized carbons (Fsp3) is 0.462. The minimum atomic E-state index is -0.133. The van der Waals surface area contributed by atoms with E-state index >= 15 is 0 Å². The molecule has 0 heterocycles. The molecule has 2 atom stereocenters. The van der Waals surface area contributed by atoms with Gasteiger partial charge in [0.2, 0.25) is 5.91 Å². The maximum atomic E-state index is 10.6. The highest BCUT2D eigenvalue weighted by Gasteiger charge is 2.41. The predicted octanol–water partition coefficient (Wildman–Crippen LogP) is 2.01. The second kappa shape index (κ2) is 6.62. The van der Waals surface area contributed by atoms with E-state index in [9.17, 15) is 4.79 Å². The van der Waals surface area contributed by atoms with Crippen molar-refractivity contribution in [3.63, 3.8) is 0 Å². The quantitative estimate of drug-likeness (QED) is 0.897. The van der Waals surface area contributed by atoms with Crippen molar-refractivity contribution in [3.8, 4) is 0 Å². The van der Waals surface area contributed by atoms with E-state index in [0.29, 0.717) is 5.92 Å². The Bertz CT molecular complexity index is 354. The molecule has 2 rings (SSSR count). The molecule has 1 aliphatic rings. The molecule has 1 aliphatic carbocycles. The van der Waals surface area contributed by atoms with Crippen LogP contribution in [0.25, 0.3) is 0 Å². The molecule has 2 unspecified atom stereocenters. The Morgan fingerprint density at radius 3 is 2.29 bits per heavy atom. The van der Waals surface area contributed by atoms with Gasteiger partial charge >= 0.3 is 0 Å². The highest BCUT2D eigenvalue weighted by molar-refractivity contribution is 6.30. The number of carbonyl (C=O) groups excluding carboxylic acids is 1. The third-order valence-corrected chi connectivity index (χ3v) is 2.87. The number of halogens is 1. The zero-order chi connectivity index (χ0) is 12.8. The van der Waals surface area contributed by atoms with Gasteiger partial charge in [-0.1, -0.05) is 29.8 Å². The third-order valence-electron chi connectivity index (χ3n) is 2.62. The summed E-state index contributed by atoms with van der Waals surface area (Å²) >= 11 is 5.54. The van der Waals surface area contributed by atoms with Crippen LogP contribution in [0.3, 0.4) is 0 Å². The number of benzene rings is 1. The highest BCUT2D eigenvalue weighted by atomic mass is 35.5. The lowest BCUT2D eigenvalue weighted by molar-refractivity contribution is -0.119. The number of primary amides is 1. The second-order valence-electron chi connectivity index (χ2n) is 4.56. The van der Waals surface area contributed by atoms with E-state index in [1.807, 2.05) is 44.4 Å². The maximum Gasteiger partial charge on any atom is 0.220 e. The summed E-state index contributed by atoms with van der Waals surface area (Å²) in [5, 5.41) is 0.794. The van der Waals surface area contributed by atoms with Crippen LogP contribution in [-0.4, -0.2) is 31.4 Å². The largest absolute Gasteiger partial charge is 0.369 e. The molecular formula is C13H19ClN2O. The van der Waals surface area contributed by atoms with Gasteiger partial charge in [-0.05, 0) is 38.6 Å². The monoisotopic (exact) mass is 254 g/mol. The first-order chi connectivity index (χ1) is 8.00. The van der Waals surface area contributed by atoms with E-state index in [4.69, 9.17) is 17.3 Å². The van der Waals surface area contributed by atoms with Crippen LogP contribution < -0.4 is 5.73 Å². The summed E-state index contributed by atoms with van der Waals surface area (Å²) in [6, 6.07) is 9.44. The standard InChI is InChI=1S/C7H14N2O.C6H5Cl/c1-9(2)4-5-3-6(5)7(8)10;7-6-4-2-1-3-5-6/h5-6H,3-4H2,1-2H3,(H2,8,10);1-5H. The average molecular weight is 255 g/mol. The van der Waals surface area contributed by atoms with Crippen LogP contribution in [0.15, 0.2) is 30.3 Å². The Morgan fingerprint density at radius 2 is 2.00 bits per heavy atom. The first-order valence-electron chi connectivity index (χ1n) is 5.65.